The Morgan fingerprint density at radius 3 is 2.82 bits per heavy atom. The van der Waals surface area contributed by atoms with Crippen molar-refractivity contribution < 1.29 is 9.59 Å². The molecule has 1 rings (SSSR count). The van der Waals surface area contributed by atoms with E-state index in [0.717, 1.165) is 25.8 Å². The van der Waals surface area contributed by atoms with Crippen molar-refractivity contribution in [2.75, 3.05) is 13.1 Å². The van der Waals surface area contributed by atoms with Crippen molar-refractivity contribution in [1.82, 2.24) is 10.2 Å². The molecule has 1 fully saturated rings. The molecule has 2 amide bonds. The molecule has 0 spiro atoms. The van der Waals surface area contributed by atoms with Gasteiger partial charge in [0.15, 0.2) is 0 Å². The van der Waals surface area contributed by atoms with Crippen molar-refractivity contribution >= 4 is 11.8 Å². The summed E-state index contributed by atoms with van der Waals surface area (Å²) < 4.78 is 0. The normalized spacial score (nSPS) is 17.3. The van der Waals surface area contributed by atoms with Crippen LogP contribution >= 0.6 is 0 Å². The highest BCUT2D eigenvalue weighted by molar-refractivity contribution is 5.85. The van der Waals surface area contributed by atoms with E-state index in [-0.39, 0.29) is 24.4 Å². The topological polar surface area (TPSA) is 49.4 Å². The van der Waals surface area contributed by atoms with Crippen LogP contribution in [0.25, 0.3) is 0 Å². The molecule has 1 heterocycles. The monoisotopic (exact) mass is 240 g/mol. The van der Waals surface area contributed by atoms with Crippen LogP contribution in [-0.4, -0.2) is 35.8 Å². The minimum absolute atomic E-state index is 0.0238. The zero-order valence-electron chi connectivity index (χ0n) is 11.0. The van der Waals surface area contributed by atoms with Crippen molar-refractivity contribution in [3.8, 4) is 0 Å². The summed E-state index contributed by atoms with van der Waals surface area (Å²) in [5.41, 5.74) is 0. The fraction of sp³-hybridized carbons (Fsp3) is 0.846. The number of nitrogens with one attached hydrogen (secondary N) is 1. The molecule has 0 radical (unpaired) electrons. The number of rotatable bonds is 7. The highest BCUT2D eigenvalue weighted by atomic mass is 16.2. The maximum absolute atomic E-state index is 11.7. The summed E-state index contributed by atoms with van der Waals surface area (Å²) in [6, 6.07) is 0.215. The second kappa shape index (κ2) is 7.30. The number of carbonyl (C=O) groups is 2. The van der Waals surface area contributed by atoms with Crippen LogP contribution in [0.5, 0.6) is 0 Å². The lowest BCUT2D eigenvalue weighted by Crippen LogP contribution is -2.41. The smallest absolute Gasteiger partial charge is 0.239 e. The number of amides is 2. The average molecular weight is 240 g/mol. The summed E-state index contributed by atoms with van der Waals surface area (Å²) in [6.45, 7) is 5.16. The van der Waals surface area contributed by atoms with Crippen molar-refractivity contribution in [3.63, 3.8) is 0 Å². The largest absolute Gasteiger partial charge is 0.352 e. The molecule has 17 heavy (non-hydrogen) atoms. The van der Waals surface area contributed by atoms with Crippen LogP contribution in [0.4, 0.5) is 0 Å². The van der Waals surface area contributed by atoms with Gasteiger partial charge in [0.2, 0.25) is 11.8 Å². The van der Waals surface area contributed by atoms with Crippen LogP contribution < -0.4 is 5.32 Å². The van der Waals surface area contributed by atoms with Gasteiger partial charge in [-0.05, 0) is 19.8 Å². The van der Waals surface area contributed by atoms with Crippen LogP contribution in [0, 0.1) is 0 Å². The van der Waals surface area contributed by atoms with Crippen LogP contribution in [-0.2, 0) is 9.59 Å². The van der Waals surface area contributed by atoms with Gasteiger partial charge in [-0.3, -0.25) is 9.59 Å². The van der Waals surface area contributed by atoms with Gasteiger partial charge in [0, 0.05) is 19.0 Å². The first kappa shape index (κ1) is 14.0. The van der Waals surface area contributed by atoms with E-state index in [4.69, 9.17) is 0 Å². The van der Waals surface area contributed by atoms with E-state index in [1.165, 1.54) is 12.8 Å². The Morgan fingerprint density at radius 1 is 1.47 bits per heavy atom. The molecule has 0 aliphatic carbocycles. The van der Waals surface area contributed by atoms with Gasteiger partial charge < -0.3 is 10.2 Å². The fourth-order valence-corrected chi connectivity index (χ4v) is 2.14. The van der Waals surface area contributed by atoms with Gasteiger partial charge in [-0.1, -0.05) is 26.2 Å². The molecule has 0 unspecified atom stereocenters. The molecular formula is C13H24N2O2. The number of carbonyl (C=O) groups excluding carboxylic acids is 2. The van der Waals surface area contributed by atoms with Gasteiger partial charge in [0.25, 0.3) is 0 Å². The molecule has 0 aromatic rings. The molecule has 0 aromatic heterocycles. The third-order valence-corrected chi connectivity index (χ3v) is 3.15. The summed E-state index contributed by atoms with van der Waals surface area (Å²) in [5, 5.41) is 2.95. The van der Waals surface area contributed by atoms with Crippen LogP contribution in [0.1, 0.15) is 52.4 Å². The predicted octanol–water partition coefficient (Wildman–Crippen LogP) is 1.69. The molecule has 98 valence electrons. The molecular weight excluding hydrogens is 216 g/mol. The zero-order valence-corrected chi connectivity index (χ0v) is 11.0. The molecule has 1 saturated heterocycles. The molecule has 1 atom stereocenters. The van der Waals surface area contributed by atoms with Crippen molar-refractivity contribution in [1.29, 1.82) is 0 Å². The maximum Gasteiger partial charge on any atom is 0.239 e. The highest BCUT2D eigenvalue weighted by Gasteiger charge is 2.22. The molecule has 1 aliphatic heterocycles. The number of nitrogens with zero attached hydrogens (tertiary/aromatic N) is 1. The number of unbranched alkanes of at least 4 members (excludes halogenated alkanes) is 2. The lowest BCUT2D eigenvalue weighted by Gasteiger charge is -2.18. The number of likely N-dealkylation sites (tertiary alicyclic amines) is 1. The van der Waals surface area contributed by atoms with E-state index in [1.54, 1.807) is 4.90 Å². The Kier molecular flexibility index (Phi) is 6.01. The zero-order chi connectivity index (χ0) is 12.7. The first-order chi connectivity index (χ1) is 8.13. The summed E-state index contributed by atoms with van der Waals surface area (Å²) >= 11 is 0. The molecule has 1 aliphatic rings. The molecule has 0 saturated carbocycles. The Labute approximate surface area is 104 Å². The Hall–Kier alpha value is -1.06. The van der Waals surface area contributed by atoms with E-state index >= 15 is 0 Å². The minimum atomic E-state index is -0.0238. The molecule has 0 aromatic carbocycles. The third-order valence-electron chi connectivity index (χ3n) is 3.15. The highest BCUT2D eigenvalue weighted by Crippen LogP contribution is 2.09. The van der Waals surface area contributed by atoms with E-state index in [9.17, 15) is 9.59 Å². The van der Waals surface area contributed by atoms with E-state index in [1.807, 2.05) is 6.92 Å². The predicted molar refractivity (Wildman–Crippen MR) is 67.6 cm³/mol. The van der Waals surface area contributed by atoms with Crippen LogP contribution in [0.15, 0.2) is 0 Å². The van der Waals surface area contributed by atoms with Gasteiger partial charge in [-0.2, -0.15) is 0 Å². The average Bonchev–Trinajstić information content (AvgIpc) is 2.64. The number of hydrogen-bond donors (Lipinski definition) is 1. The van der Waals surface area contributed by atoms with Crippen molar-refractivity contribution in [2.45, 2.75) is 58.4 Å². The minimum Gasteiger partial charge on any atom is -0.352 e. The third kappa shape index (κ3) is 5.20. The van der Waals surface area contributed by atoms with Gasteiger partial charge in [-0.15, -0.1) is 0 Å². The quantitative estimate of drug-likeness (QED) is 0.688. The molecule has 1 N–H and O–H groups in total. The number of hydrogen-bond acceptors (Lipinski definition) is 2. The molecule has 4 nitrogen and oxygen atoms in total. The summed E-state index contributed by atoms with van der Waals surface area (Å²) in [5.74, 6) is 0.0861. The van der Waals surface area contributed by atoms with Gasteiger partial charge in [0.05, 0.1) is 6.54 Å². The van der Waals surface area contributed by atoms with Crippen LogP contribution in [0.3, 0.4) is 0 Å². The van der Waals surface area contributed by atoms with Gasteiger partial charge in [-0.25, -0.2) is 0 Å². The van der Waals surface area contributed by atoms with Gasteiger partial charge in [0.1, 0.15) is 0 Å². The second-order valence-electron chi connectivity index (χ2n) is 4.88. The lowest BCUT2D eigenvalue weighted by molar-refractivity contribution is -0.133. The van der Waals surface area contributed by atoms with E-state index < -0.39 is 0 Å². The Bertz CT molecular complexity index is 266. The Balaban J connectivity index is 2.17. The van der Waals surface area contributed by atoms with Gasteiger partial charge >= 0.3 is 0 Å². The fourth-order valence-electron chi connectivity index (χ4n) is 2.14. The van der Waals surface area contributed by atoms with E-state index in [0.29, 0.717) is 6.42 Å². The van der Waals surface area contributed by atoms with Crippen molar-refractivity contribution in [3.05, 3.63) is 0 Å². The van der Waals surface area contributed by atoms with Crippen LogP contribution in [0.2, 0.25) is 0 Å². The maximum atomic E-state index is 11.7. The first-order valence-electron chi connectivity index (χ1n) is 6.70. The van der Waals surface area contributed by atoms with E-state index in [2.05, 4.69) is 12.2 Å². The van der Waals surface area contributed by atoms with Crippen molar-refractivity contribution in [2.24, 2.45) is 0 Å². The lowest BCUT2D eigenvalue weighted by atomic mass is 10.1. The standard InChI is InChI=1S/C13H24N2O2/c1-3-4-5-7-11(2)14-12(16)10-15-9-6-8-13(15)17/h11H,3-10H2,1-2H3,(H,14,16)/t11-/m0/s1. The first-order valence-corrected chi connectivity index (χ1v) is 6.70. The molecule has 0 bridgehead atoms. The summed E-state index contributed by atoms with van der Waals surface area (Å²) in [6.07, 6.45) is 6.07. The molecule has 4 heteroatoms. The SMILES string of the molecule is CCCCC[C@H](C)NC(=O)CN1CCCC1=O. The summed E-state index contributed by atoms with van der Waals surface area (Å²) in [4.78, 5) is 24.7. The second-order valence-corrected chi connectivity index (χ2v) is 4.88. The summed E-state index contributed by atoms with van der Waals surface area (Å²) in [7, 11) is 0. The Morgan fingerprint density at radius 2 is 2.24 bits per heavy atom.